The topological polar surface area (TPSA) is 22.1 Å². The van der Waals surface area contributed by atoms with E-state index in [2.05, 4.69) is 4.37 Å². The van der Waals surface area contributed by atoms with Crippen LogP contribution in [0.4, 0.5) is 13.2 Å². The first-order chi connectivity index (χ1) is 12.3. The molecular formula is C19H15ClF3NOS. The summed E-state index contributed by atoms with van der Waals surface area (Å²) >= 11 is 7.44. The SMILES string of the molecule is Cc1ccc(C(F)(F)F)cc1OCc1c(Cl)nsc1-c1ccccc1C. The Morgan fingerprint density at radius 1 is 1.08 bits per heavy atom. The molecule has 0 radical (unpaired) electrons. The summed E-state index contributed by atoms with van der Waals surface area (Å²) in [6.07, 6.45) is -4.42. The van der Waals surface area contributed by atoms with Crippen molar-refractivity contribution in [3.05, 3.63) is 69.9 Å². The molecule has 0 fully saturated rings. The van der Waals surface area contributed by atoms with E-state index >= 15 is 0 Å². The van der Waals surface area contributed by atoms with Gasteiger partial charge in [-0.25, -0.2) is 0 Å². The molecule has 3 aromatic rings. The zero-order valence-electron chi connectivity index (χ0n) is 14.0. The number of hydrogen-bond donors (Lipinski definition) is 0. The van der Waals surface area contributed by atoms with Crippen molar-refractivity contribution in [2.24, 2.45) is 0 Å². The molecular weight excluding hydrogens is 383 g/mol. The summed E-state index contributed by atoms with van der Waals surface area (Å²) < 4.78 is 48.6. The Balaban J connectivity index is 1.90. The number of benzene rings is 2. The van der Waals surface area contributed by atoms with Gasteiger partial charge >= 0.3 is 6.18 Å². The van der Waals surface area contributed by atoms with Crippen molar-refractivity contribution in [2.45, 2.75) is 26.6 Å². The Labute approximate surface area is 158 Å². The Bertz CT molecular complexity index is 937. The monoisotopic (exact) mass is 397 g/mol. The molecule has 1 heterocycles. The van der Waals surface area contributed by atoms with Crippen LogP contribution >= 0.6 is 23.1 Å². The van der Waals surface area contributed by atoms with Crippen molar-refractivity contribution in [3.8, 4) is 16.2 Å². The summed E-state index contributed by atoms with van der Waals surface area (Å²) in [5.41, 5.74) is 2.59. The van der Waals surface area contributed by atoms with Crippen LogP contribution in [0.1, 0.15) is 22.3 Å². The highest BCUT2D eigenvalue weighted by Crippen LogP contribution is 2.37. The molecule has 0 N–H and O–H groups in total. The molecule has 7 heteroatoms. The van der Waals surface area contributed by atoms with E-state index in [0.29, 0.717) is 16.3 Å². The van der Waals surface area contributed by atoms with Gasteiger partial charge < -0.3 is 4.74 Å². The predicted molar refractivity (Wildman–Crippen MR) is 97.8 cm³/mol. The van der Waals surface area contributed by atoms with Crippen LogP contribution in [0.3, 0.4) is 0 Å². The van der Waals surface area contributed by atoms with Gasteiger partial charge in [0.15, 0.2) is 0 Å². The first-order valence-corrected chi connectivity index (χ1v) is 8.93. The van der Waals surface area contributed by atoms with Gasteiger partial charge in [0.25, 0.3) is 0 Å². The van der Waals surface area contributed by atoms with Crippen LogP contribution in [0.15, 0.2) is 42.5 Å². The third-order valence-corrected chi connectivity index (χ3v) is 5.35. The van der Waals surface area contributed by atoms with E-state index in [1.165, 1.54) is 17.6 Å². The van der Waals surface area contributed by atoms with E-state index in [1.54, 1.807) is 6.92 Å². The molecule has 2 aromatic carbocycles. The maximum Gasteiger partial charge on any atom is 0.416 e. The number of alkyl halides is 3. The Hall–Kier alpha value is -2.05. The number of aromatic nitrogens is 1. The third-order valence-electron chi connectivity index (χ3n) is 4.02. The molecule has 0 saturated heterocycles. The first-order valence-electron chi connectivity index (χ1n) is 7.78. The molecule has 136 valence electrons. The number of ether oxygens (including phenoxy) is 1. The summed E-state index contributed by atoms with van der Waals surface area (Å²) in [5.74, 6) is 0.179. The van der Waals surface area contributed by atoms with Gasteiger partial charge in [-0.2, -0.15) is 17.5 Å². The van der Waals surface area contributed by atoms with Gasteiger partial charge in [-0.3, -0.25) is 0 Å². The molecule has 1 aromatic heterocycles. The van der Waals surface area contributed by atoms with E-state index in [-0.39, 0.29) is 12.4 Å². The van der Waals surface area contributed by atoms with E-state index in [1.807, 2.05) is 31.2 Å². The molecule has 3 rings (SSSR count). The van der Waals surface area contributed by atoms with Gasteiger partial charge in [0.2, 0.25) is 0 Å². The summed E-state index contributed by atoms with van der Waals surface area (Å²) in [4.78, 5) is 0.859. The number of hydrogen-bond acceptors (Lipinski definition) is 3. The lowest BCUT2D eigenvalue weighted by Gasteiger charge is -2.13. The van der Waals surface area contributed by atoms with Gasteiger partial charge in [-0.05, 0) is 54.2 Å². The maximum absolute atomic E-state index is 12.9. The van der Waals surface area contributed by atoms with E-state index in [0.717, 1.165) is 28.1 Å². The van der Waals surface area contributed by atoms with Gasteiger partial charge in [0, 0.05) is 5.56 Å². The van der Waals surface area contributed by atoms with Crippen molar-refractivity contribution >= 4 is 23.1 Å². The smallest absolute Gasteiger partial charge is 0.416 e. The van der Waals surface area contributed by atoms with Gasteiger partial charge in [0.05, 0.1) is 10.4 Å². The molecule has 0 saturated carbocycles. The number of aryl methyl sites for hydroxylation is 2. The Morgan fingerprint density at radius 3 is 2.50 bits per heavy atom. The van der Waals surface area contributed by atoms with Gasteiger partial charge in [0.1, 0.15) is 17.5 Å². The molecule has 0 aliphatic heterocycles. The quantitative estimate of drug-likeness (QED) is 0.490. The summed E-state index contributed by atoms with van der Waals surface area (Å²) in [6.45, 7) is 3.72. The molecule has 0 atom stereocenters. The minimum absolute atomic E-state index is 0.0428. The molecule has 0 amide bonds. The van der Waals surface area contributed by atoms with Crippen LogP contribution in [0.25, 0.3) is 10.4 Å². The molecule has 0 spiro atoms. The third kappa shape index (κ3) is 3.86. The fraction of sp³-hybridized carbons (Fsp3) is 0.211. The van der Waals surface area contributed by atoms with Gasteiger partial charge in [-0.15, -0.1) is 0 Å². The van der Waals surface area contributed by atoms with Crippen LogP contribution in [-0.4, -0.2) is 4.37 Å². The molecule has 0 aliphatic carbocycles. The maximum atomic E-state index is 12.9. The average molecular weight is 398 g/mol. The Morgan fingerprint density at radius 2 is 1.81 bits per heavy atom. The van der Waals surface area contributed by atoms with Crippen LogP contribution < -0.4 is 4.74 Å². The van der Waals surface area contributed by atoms with Crippen molar-refractivity contribution < 1.29 is 17.9 Å². The summed E-state index contributed by atoms with van der Waals surface area (Å²) in [7, 11) is 0. The zero-order chi connectivity index (χ0) is 18.9. The summed E-state index contributed by atoms with van der Waals surface area (Å²) in [6, 6.07) is 11.2. The van der Waals surface area contributed by atoms with Crippen molar-refractivity contribution in [1.82, 2.24) is 4.37 Å². The lowest BCUT2D eigenvalue weighted by Crippen LogP contribution is -2.06. The van der Waals surface area contributed by atoms with Crippen LogP contribution in [-0.2, 0) is 12.8 Å². The minimum Gasteiger partial charge on any atom is -0.488 e. The molecule has 0 aliphatic rings. The highest BCUT2D eigenvalue weighted by molar-refractivity contribution is 7.10. The van der Waals surface area contributed by atoms with Crippen LogP contribution in [0.5, 0.6) is 5.75 Å². The Kier molecular flexibility index (Phi) is 5.25. The second kappa shape index (κ2) is 7.29. The predicted octanol–water partition coefficient (Wildman–Crippen LogP) is 6.68. The lowest BCUT2D eigenvalue weighted by molar-refractivity contribution is -0.137. The van der Waals surface area contributed by atoms with Crippen LogP contribution in [0.2, 0.25) is 5.15 Å². The normalized spacial score (nSPS) is 11.6. The highest BCUT2D eigenvalue weighted by atomic mass is 35.5. The highest BCUT2D eigenvalue weighted by Gasteiger charge is 2.31. The fourth-order valence-corrected chi connectivity index (χ4v) is 3.72. The van der Waals surface area contributed by atoms with E-state index in [4.69, 9.17) is 16.3 Å². The largest absolute Gasteiger partial charge is 0.488 e. The van der Waals surface area contributed by atoms with E-state index < -0.39 is 11.7 Å². The minimum atomic E-state index is -4.42. The van der Waals surface area contributed by atoms with Crippen molar-refractivity contribution in [2.75, 3.05) is 0 Å². The molecule has 0 unspecified atom stereocenters. The van der Waals surface area contributed by atoms with Crippen LogP contribution in [0, 0.1) is 13.8 Å². The average Bonchev–Trinajstić information content (AvgIpc) is 2.94. The molecule has 26 heavy (non-hydrogen) atoms. The number of rotatable bonds is 4. The van der Waals surface area contributed by atoms with E-state index in [9.17, 15) is 13.2 Å². The van der Waals surface area contributed by atoms with Gasteiger partial charge in [-0.1, -0.05) is 41.9 Å². The second-order valence-electron chi connectivity index (χ2n) is 5.86. The number of halogens is 4. The second-order valence-corrected chi connectivity index (χ2v) is 6.99. The standard InChI is InChI=1S/C19H15ClF3NOS/c1-11-5-3-4-6-14(11)17-15(18(20)24-26-17)10-25-16-9-13(19(21,22)23)8-7-12(16)2/h3-9H,10H2,1-2H3. The lowest BCUT2D eigenvalue weighted by atomic mass is 10.1. The first kappa shape index (κ1) is 18.7. The fourth-order valence-electron chi connectivity index (χ4n) is 2.54. The zero-order valence-corrected chi connectivity index (χ0v) is 15.6. The number of nitrogens with zero attached hydrogens (tertiary/aromatic N) is 1. The van der Waals surface area contributed by atoms with Crippen molar-refractivity contribution in [3.63, 3.8) is 0 Å². The summed E-state index contributed by atoms with van der Waals surface area (Å²) in [5, 5.41) is 0.304. The van der Waals surface area contributed by atoms with Crippen molar-refractivity contribution in [1.29, 1.82) is 0 Å². The molecule has 2 nitrogen and oxygen atoms in total. The molecule has 0 bridgehead atoms.